The molecule has 11 heteroatoms. The molecule has 3 rings (SSSR count). The van der Waals surface area contributed by atoms with Crippen LogP contribution in [0.25, 0.3) is 0 Å². The quantitative estimate of drug-likeness (QED) is 0.362. The van der Waals surface area contributed by atoms with E-state index in [-0.39, 0.29) is 38.3 Å². The Labute approximate surface area is 227 Å². The zero-order valence-corrected chi connectivity index (χ0v) is 23.1. The molecule has 1 aliphatic heterocycles. The van der Waals surface area contributed by atoms with Crippen LogP contribution in [0.2, 0.25) is 0 Å². The number of thiophene rings is 1. The summed E-state index contributed by atoms with van der Waals surface area (Å²) in [7, 11) is 3.17. The third-order valence-electron chi connectivity index (χ3n) is 6.15. The van der Waals surface area contributed by atoms with Crippen LogP contribution in [0.3, 0.4) is 0 Å². The molecule has 38 heavy (non-hydrogen) atoms. The van der Waals surface area contributed by atoms with E-state index >= 15 is 0 Å². The lowest BCUT2D eigenvalue weighted by Crippen LogP contribution is -2.50. The van der Waals surface area contributed by atoms with Gasteiger partial charge in [0.2, 0.25) is 5.91 Å². The van der Waals surface area contributed by atoms with Gasteiger partial charge in [-0.05, 0) is 55.3 Å². The van der Waals surface area contributed by atoms with Gasteiger partial charge in [0, 0.05) is 24.6 Å². The van der Waals surface area contributed by atoms with Crippen molar-refractivity contribution in [2.45, 2.75) is 38.8 Å². The number of methoxy groups -OCH3 is 2. The van der Waals surface area contributed by atoms with E-state index in [1.54, 1.807) is 37.4 Å². The summed E-state index contributed by atoms with van der Waals surface area (Å²) >= 11 is 1.57. The largest absolute Gasteiger partial charge is 0.493 e. The van der Waals surface area contributed by atoms with Crippen molar-refractivity contribution >= 4 is 29.2 Å². The summed E-state index contributed by atoms with van der Waals surface area (Å²) in [5.41, 5.74) is 0.995. The van der Waals surface area contributed by atoms with Crippen molar-refractivity contribution in [2.24, 2.45) is 0 Å². The maximum Gasteiger partial charge on any atom is 0.325 e. The number of esters is 1. The molecule has 3 amide bonds. The fourth-order valence-corrected chi connectivity index (χ4v) is 4.89. The van der Waals surface area contributed by atoms with Gasteiger partial charge in [-0.25, -0.2) is 4.79 Å². The summed E-state index contributed by atoms with van der Waals surface area (Å²) in [6.07, 6.45) is 2.17. The summed E-state index contributed by atoms with van der Waals surface area (Å²) in [5.74, 6) is 0.546. The lowest BCUT2D eigenvalue weighted by Gasteiger charge is -2.29. The first-order valence-electron chi connectivity index (χ1n) is 12.7. The summed E-state index contributed by atoms with van der Waals surface area (Å²) in [6, 6.07) is 9.12. The Morgan fingerprint density at radius 3 is 2.61 bits per heavy atom. The van der Waals surface area contributed by atoms with Gasteiger partial charge in [-0.3, -0.25) is 9.59 Å². The van der Waals surface area contributed by atoms with Gasteiger partial charge in [0.05, 0.1) is 33.5 Å². The van der Waals surface area contributed by atoms with Gasteiger partial charge in [0.25, 0.3) is 0 Å². The number of hydrogen-bond donors (Lipinski definition) is 1. The van der Waals surface area contributed by atoms with Crippen molar-refractivity contribution in [1.82, 2.24) is 15.1 Å². The maximum atomic E-state index is 13.6. The van der Waals surface area contributed by atoms with Crippen LogP contribution in [-0.2, 0) is 32.0 Å². The van der Waals surface area contributed by atoms with Crippen LogP contribution in [0.1, 0.15) is 30.2 Å². The number of benzene rings is 1. The molecule has 1 aromatic heterocycles. The fourth-order valence-electron chi connectivity index (χ4n) is 4.17. The average Bonchev–Trinajstić information content (AvgIpc) is 3.63. The predicted octanol–water partition coefficient (Wildman–Crippen LogP) is 3.09. The number of rotatable bonds is 14. The number of amides is 3. The average molecular weight is 548 g/mol. The van der Waals surface area contributed by atoms with Crippen molar-refractivity contribution in [3.8, 4) is 11.5 Å². The Hall–Kier alpha value is -3.31. The fraction of sp³-hybridized carbons (Fsp3) is 0.519. The molecule has 1 atom stereocenters. The lowest BCUT2D eigenvalue weighted by molar-refractivity contribution is -0.141. The second-order valence-electron chi connectivity index (χ2n) is 8.81. The molecular formula is C27H37N3O7S. The number of ether oxygens (including phenoxy) is 4. The van der Waals surface area contributed by atoms with Gasteiger partial charge in [0.1, 0.15) is 13.1 Å². The van der Waals surface area contributed by atoms with E-state index in [2.05, 4.69) is 5.32 Å². The minimum absolute atomic E-state index is 0.133. The first kappa shape index (κ1) is 29.2. The van der Waals surface area contributed by atoms with Crippen LogP contribution in [0, 0.1) is 0 Å². The topological polar surface area (TPSA) is 107 Å². The highest BCUT2D eigenvalue weighted by Crippen LogP contribution is 2.28. The minimum atomic E-state index is -0.529. The van der Waals surface area contributed by atoms with E-state index < -0.39 is 12.0 Å². The molecule has 208 valence electrons. The third kappa shape index (κ3) is 8.91. The third-order valence-corrected chi connectivity index (χ3v) is 7.01. The normalized spacial score (nSPS) is 14.6. The molecule has 1 saturated heterocycles. The number of carbonyl (C=O) groups is 3. The Balaban J connectivity index is 1.71. The molecule has 1 aliphatic rings. The molecule has 0 spiro atoms. The monoisotopic (exact) mass is 547 g/mol. The number of carbonyl (C=O) groups excluding carboxylic acids is 3. The molecule has 1 unspecified atom stereocenters. The van der Waals surface area contributed by atoms with Crippen LogP contribution in [-0.4, -0.2) is 87.4 Å². The van der Waals surface area contributed by atoms with Gasteiger partial charge < -0.3 is 34.1 Å². The van der Waals surface area contributed by atoms with Crippen molar-refractivity contribution < 1.29 is 33.3 Å². The lowest BCUT2D eigenvalue weighted by atomic mass is 10.1. The van der Waals surface area contributed by atoms with E-state index in [1.807, 2.05) is 35.7 Å². The van der Waals surface area contributed by atoms with Gasteiger partial charge in [-0.2, -0.15) is 0 Å². The summed E-state index contributed by atoms with van der Waals surface area (Å²) < 4.78 is 21.4. The van der Waals surface area contributed by atoms with Gasteiger partial charge in [0.15, 0.2) is 11.5 Å². The molecule has 1 aromatic carbocycles. The van der Waals surface area contributed by atoms with E-state index in [0.717, 1.165) is 23.3 Å². The van der Waals surface area contributed by atoms with Crippen LogP contribution in [0.15, 0.2) is 35.7 Å². The zero-order valence-electron chi connectivity index (χ0n) is 22.3. The van der Waals surface area contributed by atoms with Crippen molar-refractivity contribution in [3.63, 3.8) is 0 Å². The smallest absolute Gasteiger partial charge is 0.325 e. The highest BCUT2D eigenvalue weighted by atomic mass is 32.1. The number of nitrogens with zero attached hydrogens (tertiary/aromatic N) is 2. The Morgan fingerprint density at radius 2 is 1.95 bits per heavy atom. The van der Waals surface area contributed by atoms with Gasteiger partial charge >= 0.3 is 12.0 Å². The van der Waals surface area contributed by atoms with E-state index in [1.165, 1.54) is 4.90 Å². The Bertz CT molecular complexity index is 1040. The second-order valence-corrected chi connectivity index (χ2v) is 9.85. The second kappa shape index (κ2) is 15.2. The molecular weight excluding hydrogens is 510 g/mol. The molecule has 0 bridgehead atoms. The van der Waals surface area contributed by atoms with Crippen LogP contribution in [0.4, 0.5) is 4.79 Å². The SMILES string of the molecule is CCOC(=O)CNC(=O)N(CC(=O)N(CCc1ccc(OC)c(OC)c1)Cc1cccs1)CC1CCCO1. The zero-order chi connectivity index (χ0) is 27.3. The van der Waals surface area contributed by atoms with Gasteiger partial charge in [-0.15, -0.1) is 11.3 Å². The standard InChI is InChI=1S/C27H37N3O7S/c1-4-36-26(32)16-28-27(33)30(17-21-7-5-13-37-21)19-25(31)29(18-22-8-6-14-38-22)12-11-20-9-10-23(34-2)24(15-20)35-3/h6,8-10,14-15,21H,4-5,7,11-13,16-19H2,1-3H3,(H,28,33). The highest BCUT2D eigenvalue weighted by Gasteiger charge is 2.27. The molecule has 0 aliphatic carbocycles. The molecule has 1 fully saturated rings. The van der Waals surface area contributed by atoms with Crippen molar-refractivity contribution in [3.05, 3.63) is 46.2 Å². The highest BCUT2D eigenvalue weighted by molar-refractivity contribution is 7.09. The molecule has 1 N–H and O–H groups in total. The van der Waals surface area contributed by atoms with Crippen molar-refractivity contribution in [1.29, 1.82) is 0 Å². The van der Waals surface area contributed by atoms with Crippen LogP contribution >= 0.6 is 11.3 Å². The predicted molar refractivity (Wildman–Crippen MR) is 144 cm³/mol. The summed E-state index contributed by atoms with van der Waals surface area (Å²) in [4.78, 5) is 42.5. The first-order chi connectivity index (χ1) is 18.4. The van der Waals surface area contributed by atoms with Crippen LogP contribution in [0.5, 0.6) is 11.5 Å². The Kier molecular flexibility index (Phi) is 11.7. The number of hydrogen-bond acceptors (Lipinski definition) is 8. The molecule has 10 nitrogen and oxygen atoms in total. The number of nitrogens with one attached hydrogen (secondary N) is 1. The molecule has 0 radical (unpaired) electrons. The summed E-state index contributed by atoms with van der Waals surface area (Å²) in [5, 5.41) is 4.55. The van der Waals surface area contributed by atoms with E-state index in [9.17, 15) is 14.4 Å². The minimum Gasteiger partial charge on any atom is -0.493 e. The Morgan fingerprint density at radius 1 is 1.13 bits per heavy atom. The maximum absolute atomic E-state index is 13.6. The number of urea groups is 1. The van der Waals surface area contributed by atoms with E-state index in [4.69, 9.17) is 18.9 Å². The molecule has 2 heterocycles. The molecule has 0 saturated carbocycles. The molecule has 2 aromatic rings. The van der Waals surface area contributed by atoms with Crippen molar-refractivity contribution in [2.75, 3.05) is 53.6 Å². The first-order valence-corrected chi connectivity index (χ1v) is 13.6. The summed E-state index contributed by atoms with van der Waals surface area (Å²) in [6.45, 7) is 3.31. The van der Waals surface area contributed by atoms with Crippen LogP contribution < -0.4 is 14.8 Å². The van der Waals surface area contributed by atoms with Gasteiger partial charge in [-0.1, -0.05) is 12.1 Å². The van der Waals surface area contributed by atoms with E-state index in [0.29, 0.717) is 37.6 Å².